The molecular formula is C13H25N3O2. The average molecular weight is 255 g/mol. The molecule has 0 bridgehead atoms. The van der Waals surface area contributed by atoms with Gasteiger partial charge in [-0.1, -0.05) is 0 Å². The van der Waals surface area contributed by atoms with Crippen LogP contribution in [0.4, 0.5) is 0 Å². The third-order valence-electron chi connectivity index (χ3n) is 3.61. The molecular weight excluding hydrogens is 230 g/mol. The molecule has 2 N–H and O–H groups in total. The van der Waals surface area contributed by atoms with E-state index in [2.05, 4.69) is 15.9 Å². The fraction of sp³-hybridized carbons (Fsp3) is 0.923. The van der Waals surface area contributed by atoms with Crippen LogP contribution in [0.5, 0.6) is 0 Å². The molecule has 0 atom stereocenters. The molecule has 0 saturated carbocycles. The third-order valence-corrected chi connectivity index (χ3v) is 3.61. The Morgan fingerprint density at radius 3 is 2.28 bits per heavy atom. The van der Waals surface area contributed by atoms with E-state index in [1.807, 2.05) is 0 Å². The number of piperidine rings is 1. The van der Waals surface area contributed by atoms with E-state index in [1.54, 1.807) is 0 Å². The zero-order valence-corrected chi connectivity index (χ0v) is 11.1. The lowest BCUT2D eigenvalue weighted by molar-refractivity contribution is 0.0758. The van der Waals surface area contributed by atoms with Crippen molar-refractivity contribution in [1.29, 1.82) is 5.26 Å². The van der Waals surface area contributed by atoms with Crippen molar-refractivity contribution in [1.82, 2.24) is 9.80 Å². The van der Waals surface area contributed by atoms with Crippen molar-refractivity contribution in [3.63, 3.8) is 0 Å². The number of unbranched alkanes of at least 4 members (excludes halogenated alkanes) is 1. The van der Waals surface area contributed by atoms with Crippen molar-refractivity contribution >= 4 is 0 Å². The molecule has 0 amide bonds. The first-order valence-corrected chi connectivity index (χ1v) is 6.87. The van der Waals surface area contributed by atoms with E-state index < -0.39 is 0 Å². The van der Waals surface area contributed by atoms with Crippen LogP contribution in [0.2, 0.25) is 0 Å². The van der Waals surface area contributed by atoms with Gasteiger partial charge >= 0.3 is 0 Å². The van der Waals surface area contributed by atoms with Crippen molar-refractivity contribution in [3.05, 3.63) is 0 Å². The Hall–Kier alpha value is -0.670. The van der Waals surface area contributed by atoms with Gasteiger partial charge in [-0.25, -0.2) is 0 Å². The lowest BCUT2D eigenvalue weighted by atomic mass is 10.0. The second kappa shape index (κ2) is 9.29. The van der Waals surface area contributed by atoms with Crippen LogP contribution in [0.15, 0.2) is 0 Å². The van der Waals surface area contributed by atoms with Gasteiger partial charge in [0.2, 0.25) is 0 Å². The normalized spacial score (nSPS) is 18.1. The Bertz CT molecular complexity index is 241. The topological polar surface area (TPSA) is 70.7 Å². The molecule has 5 nitrogen and oxygen atoms in total. The average Bonchev–Trinajstić information content (AvgIpc) is 2.40. The summed E-state index contributed by atoms with van der Waals surface area (Å²) in [4.78, 5) is 4.59. The lowest BCUT2D eigenvalue weighted by Crippen LogP contribution is -2.46. The predicted octanol–water partition coefficient (Wildman–Crippen LogP) is 0.0412. The number of nitriles is 1. The second-order valence-electron chi connectivity index (χ2n) is 4.82. The molecule has 0 aromatic rings. The highest BCUT2D eigenvalue weighted by Crippen LogP contribution is 2.16. The first-order chi connectivity index (χ1) is 8.81. The van der Waals surface area contributed by atoms with Crippen LogP contribution in [0.1, 0.15) is 25.7 Å². The van der Waals surface area contributed by atoms with Gasteiger partial charge in [0.1, 0.15) is 0 Å². The minimum atomic E-state index is 0.155. The van der Waals surface area contributed by atoms with Crippen LogP contribution in [0.3, 0.4) is 0 Å². The molecule has 1 aliphatic heterocycles. The molecule has 0 aliphatic carbocycles. The molecule has 0 spiro atoms. The van der Waals surface area contributed by atoms with Gasteiger partial charge in [-0.3, -0.25) is 4.90 Å². The van der Waals surface area contributed by atoms with Crippen molar-refractivity contribution < 1.29 is 10.2 Å². The van der Waals surface area contributed by atoms with Gasteiger partial charge < -0.3 is 15.1 Å². The highest BCUT2D eigenvalue weighted by atomic mass is 16.3. The Balaban J connectivity index is 2.26. The minimum Gasteiger partial charge on any atom is -0.395 e. The molecule has 0 unspecified atom stereocenters. The fourth-order valence-corrected chi connectivity index (χ4v) is 2.62. The van der Waals surface area contributed by atoms with E-state index in [9.17, 15) is 0 Å². The zero-order chi connectivity index (χ0) is 13.2. The molecule has 0 radical (unpaired) electrons. The monoisotopic (exact) mass is 255 g/mol. The predicted molar refractivity (Wildman–Crippen MR) is 70.1 cm³/mol. The van der Waals surface area contributed by atoms with E-state index in [0.29, 0.717) is 25.6 Å². The molecule has 104 valence electrons. The number of likely N-dealkylation sites (tertiary alicyclic amines) is 1. The Kier molecular flexibility index (Phi) is 7.94. The van der Waals surface area contributed by atoms with Gasteiger partial charge in [0, 0.05) is 25.6 Å². The summed E-state index contributed by atoms with van der Waals surface area (Å²) in [6.45, 7) is 4.75. The van der Waals surface area contributed by atoms with E-state index in [4.69, 9.17) is 15.5 Å². The summed E-state index contributed by atoms with van der Waals surface area (Å²) in [5, 5.41) is 26.6. The molecule has 1 heterocycles. The Morgan fingerprint density at radius 2 is 1.78 bits per heavy atom. The van der Waals surface area contributed by atoms with Crippen LogP contribution in [-0.4, -0.2) is 72.0 Å². The standard InChI is InChI=1S/C13H25N3O2/c14-5-1-2-6-15-7-3-13(4-8-15)16(9-11-17)10-12-18/h13,17-18H,1-4,6-12H2. The van der Waals surface area contributed by atoms with Gasteiger partial charge in [-0.15, -0.1) is 0 Å². The molecule has 1 rings (SSSR count). The summed E-state index contributed by atoms with van der Waals surface area (Å²) in [6, 6.07) is 2.66. The maximum Gasteiger partial charge on any atom is 0.0622 e. The summed E-state index contributed by atoms with van der Waals surface area (Å²) >= 11 is 0. The molecule has 0 aromatic carbocycles. The third kappa shape index (κ3) is 5.32. The number of hydrogen-bond acceptors (Lipinski definition) is 5. The molecule has 1 fully saturated rings. The Labute approximate surface area is 110 Å². The van der Waals surface area contributed by atoms with Crippen LogP contribution in [0.25, 0.3) is 0 Å². The van der Waals surface area contributed by atoms with Crippen molar-refractivity contribution in [3.8, 4) is 6.07 Å². The first kappa shape index (κ1) is 15.4. The van der Waals surface area contributed by atoms with E-state index in [0.717, 1.165) is 38.9 Å². The van der Waals surface area contributed by atoms with Crippen molar-refractivity contribution in [2.45, 2.75) is 31.7 Å². The number of hydrogen-bond donors (Lipinski definition) is 2. The molecule has 18 heavy (non-hydrogen) atoms. The maximum absolute atomic E-state index is 9.02. The molecule has 0 aromatic heterocycles. The number of aliphatic hydroxyl groups excluding tert-OH is 2. The van der Waals surface area contributed by atoms with Crippen molar-refractivity contribution in [2.24, 2.45) is 0 Å². The van der Waals surface area contributed by atoms with Crippen LogP contribution in [0, 0.1) is 11.3 Å². The van der Waals surface area contributed by atoms with Gasteiger partial charge in [-0.05, 0) is 38.9 Å². The zero-order valence-electron chi connectivity index (χ0n) is 11.1. The number of nitrogens with zero attached hydrogens (tertiary/aromatic N) is 3. The number of aliphatic hydroxyl groups is 2. The largest absolute Gasteiger partial charge is 0.395 e. The SMILES string of the molecule is N#CCCCN1CCC(N(CCO)CCO)CC1. The van der Waals surface area contributed by atoms with Gasteiger partial charge in [0.05, 0.1) is 19.3 Å². The van der Waals surface area contributed by atoms with Crippen LogP contribution >= 0.6 is 0 Å². The van der Waals surface area contributed by atoms with E-state index >= 15 is 0 Å². The lowest BCUT2D eigenvalue weighted by Gasteiger charge is -2.38. The van der Waals surface area contributed by atoms with Crippen molar-refractivity contribution in [2.75, 3.05) is 45.9 Å². The summed E-state index contributed by atoms with van der Waals surface area (Å²) in [7, 11) is 0. The minimum absolute atomic E-state index is 0.155. The van der Waals surface area contributed by atoms with Gasteiger partial charge in [-0.2, -0.15) is 5.26 Å². The van der Waals surface area contributed by atoms with E-state index in [-0.39, 0.29) is 13.2 Å². The van der Waals surface area contributed by atoms with E-state index in [1.165, 1.54) is 0 Å². The fourth-order valence-electron chi connectivity index (χ4n) is 2.62. The van der Waals surface area contributed by atoms with Crippen LogP contribution in [-0.2, 0) is 0 Å². The summed E-state index contributed by atoms with van der Waals surface area (Å²) in [5.74, 6) is 0. The second-order valence-corrected chi connectivity index (χ2v) is 4.82. The molecule has 1 aliphatic rings. The maximum atomic E-state index is 9.02. The summed E-state index contributed by atoms with van der Waals surface area (Å²) < 4.78 is 0. The van der Waals surface area contributed by atoms with Gasteiger partial charge in [0.15, 0.2) is 0 Å². The van der Waals surface area contributed by atoms with Gasteiger partial charge in [0.25, 0.3) is 0 Å². The molecule has 1 saturated heterocycles. The smallest absolute Gasteiger partial charge is 0.0622 e. The Morgan fingerprint density at radius 1 is 1.17 bits per heavy atom. The summed E-state index contributed by atoms with van der Waals surface area (Å²) in [5.41, 5.74) is 0. The highest BCUT2D eigenvalue weighted by molar-refractivity contribution is 4.80. The summed E-state index contributed by atoms with van der Waals surface area (Å²) in [6.07, 6.45) is 3.78. The highest BCUT2D eigenvalue weighted by Gasteiger charge is 2.23. The first-order valence-electron chi connectivity index (χ1n) is 6.87. The number of rotatable bonds is 8. The molecule has 5 heteroatoms. The van der Waals surface area contributed by atoms with Crippen LogP contribution < -0.4 is 0 Å². The quantitative estimate of drug-likeness (QED) is 0.599.